The van der Waals surface area contributed by atoms with Gasteiger partial charge in [0.2, 0.25) is 6.33 Å². The zero-order chi connectivity index (χ0) is 11.0. The van der Waals surface area contributed by atoms with Gasteiger partial charge in [0, 0.05) is 0 Å². The number of benzene rings is 1. The molecule has 0 atom stereocenters. The number of aryl methyl sites for hydroxylation is 1. The fraction of sp³-hybridized carbons (Fsp3) is 0.222. The van der Waals surface area contributed by atoms with Crippen molar-refractivity contribution in [2.45, 2.75) is 13.5 Å². The molecule has 1 heterocycles. The lowest BCUT2D eigenvalue weighted by molar-refractivity contribution is -0.129. The molecule has 0 fully saturated rings. The maximum Gasteiger partial charge on any atom is 0.405 e. The van der Waals surface area contributed by atoms with E-state index in [0.29, 0.717) is 10.3 Å². The number of aromatic nitrogens is 2. The summed E-state index contributed by atoms with van der Waals surface area (Å²) in [6.45, 7) is -1.44. The molecule has 0 aliphatic heterocycles. The molecule has 0 aliphatic carbocycles. The van der Waals surface area contributed by atoms with E-state index >= 15 is 0 Å². The average molecular weight is 215 g/mol. The normalized spacial score (nSPS) is 11.3. The fourth-order valence-electron chi connectivity index (χ4n) is 1.23. The third-order valence-electron chi connectivity index (χ3n) is 1.94. The van der Waals surface area contributed by atoms with E-state index in [0.717, 1.165) is 0 Å². The van der Waals surface area contributed by atoms with Crippen LogP contribution >= 0.6 is 0 Å². The van der Waals surface area contributed by atoms with Gasteiger partial charge in [-0.05, 0) is 18.6 Å². The largest absolute Gasteiger partial charge is 0.405 e. The smallest absolute Gasteiger partial charge is 0.342 e. The molecule has 2 rings (SSSR count). The van der Waals surface area contributed by atoms with E-state index in [1.165, 1.54) is 12.1 Å². The van der Waals surface area contributed by atoms with Crippen molar-refractivity contribution in [2.24, 2.45) is 0 Å². The lowest BCUT2D eigenvalue weighted by atomic mass is 10.2. The van der Waals surface area contributed by atoms with Gasteiger partial charge in [-0.2, -0.15) is 13.5 Å². The van der Waals surface area contributed by atoms with Gasteiger partial charge in [0.15, 0.2) is 5.82 Å². The summed E-state index contributed by atoms with van der Waals surface area (Å²) in [5, 5.41) is 0. The van der Waals surface area contributed by atoms with Gasteiger partial charge < -0.3 is 4.84 Å². The van der Waals surface area contributed by atoms with Crippen LogP contribution in [0.4, 0.5) is 13.2 Å². The summed E-state index contributed by atoms with van der Waals surface area (Å²) in [4.78, 5) is 7.60. The second kappa shape index (κ2) is 3.45. The Balaban J connectivity index is 2.57. The van der Waals surface area contributed by atoms with Crippen molar-refractivity contribution in [3.8, 4) is 0 Å². The van der Waals surface area contributed by atoms with Crippen LogP contribution in [0.1, 0.15) is 5.56 Å². The Morgan fingerprint density at radius 1 is 1.47 bits per heavy atom. The van der Waals surface area contributed by atoms with Crippen LogP contribution in [0.15, 0.2) is 12.1 Å². The van der Waals surface area contributed by atoms with Gasteiger partial charge in [0.25, 0.3) is 0 Å². The minimum Gasteiger partial charge on any atom is -0.342 e. The molecule has 0 amide bonds. The fourth-order valence-corrected chi connectivity index (χ4v) is 1.23. The Morgan fingerprint density at radius 3 is 2.87 bits per heavy atom. The molecule has 3 nitrogen and oxygen atoms in total. The van der Waals surface area contributed by atoms with Crippen molar-refractivity contribution in [1.82, 2.24) is 9.71 Å². The lowest BCUT2D eigenvalue weighted by Crippen LogP contribution is -2.15. The van der Waals surface area contributed by atoms with E-state index in [1.54, 1.807) is 6.92 Å². The van der Waals surface area contributed by atoms with Crippen LogP contribution in [0, 0.1) is 19.1 Å². The Labute approximate surface area is 83.0 Å². The molecule has 0 aliphatic rings. The Hall–Kier alpha value is -1.72. The van der Waals surface area contributed by atoms with Crippen LogP contribution in [0.3, 0.4) is 0 Å². The molecule has 0 saturated carbocycles. The second-order valence-electron chi connectivity index (χ2n) is 2.94. The summed E-state index contributed by atoms with van der Waals surface area (Å²) in [5.41, 5.74) is 0.479. The molecule has 0 bridgehead atoms. The number of hydrogen-bond donors (Lipinski definition) is 0. The first kappa shape index (κ1) is 9.82. The van der Waals surface area contributed by atoms with Crippen molar-refractivity contribution in [3.63, 3.8) is 0 Å². The van der Waals surface area contributed by atoms with Gasteiger partial charge in [-0.1, -0.05) is 6.07 Å². The summed E-state index contributed by atoms with van der Waals surface area (Å²) in [6.07, 6.45) is 2.14. The predicted octanol–water partition coefficient (Wildman–Crippen LogP) is 1.94. The summed E-state index contributed by atoms with van der Waals surface area (Å²) >= 11 is 0. The third-order valence-corrected chi connectivity index (χ3v) is 1.94. The van der Waals surface area contributed by atoms with Gasteiger partial charge in [0.05, 0.1) is 0 Å². The molecule has 0 saturated heterocycles. The average Bonchev–Trinajstić information content (AvgIpc) is 2.55. The SMILES string of the molecule is Cc1ccc2c(n[c]n2OC(F)F)c1F. The molecule has 15 heavy (non-hydrogen) atoms. The minimum atomic E-state index is -3.00. The number of hydrogen-bond acceptors (Lipinski definition) is 2. The van der Waals surface area contributed by atoms with Crippen LogP contribution in [0.5, 0.6) is 0 Å². The Bertz CT molecular complexity index is 495. The molecule has 1 aromatic carbocycles. The van der Waals surface area contributed by atoms with Crippen LogP contribution in [0.2, 0.25) is 0 Å². The molecule has 6 heteroatoms. The number of alkyl halides is 2. The molecular weight excluding hydrogens is 209 g/mol. The number of nitrogens with zero attached hydrogens (tertiary/aromatic N) is 2. The monoisotopic (exact) mass is 215 g/mol. The van der Waals surface area contributed by atoms with Crippen LogP contribution < -0.4 is 4.84 Å². The quantitative estimate of drug-likeness (QED) is 0.765. The summed E-state index contributed by atoms with van der Waals surface area (Å²) < 4.78 is 37.9. The number of rotatable bonds is 2. The molecule has 1 aromatic heterocycles. The van der Waals surface area contributed by atoms with Crippen molar-refractivity contribution >= 4 is 11.0 Å². The first-order chi connectivity index (χ1) is 7.09. The van der Waals surface area contributed by atoms with Crippen molar-refractivity contribution in [3.05, 3.63) is 29.8 Å². The summed E-state index contributed by atoms with van der Waals surface area (Å²) in [7, 11) is 0. The van der Waals surface area contributed by atoms with E-state index in [4.69, 9.17) is 0 Å². The molecule has 0 unspecified atom stereocenters. The first-order valence-corrected chi connectivity index (χ1v) is 4.10. The van der Waals surface area contributed by atoms with Crippen molar-refractivity contribution < 1.29 is 18.0 Å². The van der Waals surface area contributed by atoms with Crippen molar-refractivity contribution in [2.75, 3.05) is 0 Å². The highest BCUT2D eigenvalue weighted by molar-refractivity contribution is 5.76. The van der Waals surface area contributed by atoms with Gasteiger partial charge in [-0.15, -0.1) is 0 Å². The highest BCUT2D eigenvalue weighted by Crippen LogP contribution is 2.18. The second-order valence-corrected chi connectivity index (χ2v) is 2.94. The standard InChI is InChI=1S/C9H6F3N2O/c1-5-2-3-6-8(7(5)10)13-4-14(6)15-9(11)12/h2-3,9H,1H3. The van der Waals surface area contributed by atoms with Crippen LogP contribution in [-0.2, 0) is 0 Å². The number of imidazole rings is 1. The number of fused-ring (bicyclic) bond motifs is 1. The highest BCUT2D eigenvalue weighted by Gasteiger charge is 2.13. The van der Waals surface area contributed by atoms with Gasteiger partial charge in [0.1, 0.15) is 11.0 Å². The molecule has 2 aromatic rings. The number of halogens is 3. The molecule has 0 spiro atoms. The topological polar surface area (TPSA) is 27.1 Å². The maximum atomic E-state index is 13.4. The first-order valence-electron chi connectivity index (χ1n) is 4.10. The van der Waals surface area contributed by atoms with Crippen LogP contribution in [-0.4, -0.2) is 16.3 Å². The highest BCUT2D eigenvalue weighted by atomic mass is 19.3. The van der Waals surface area contributed by atoms with E-state index in [2.05, 4.69) is 16.1 Å². The van der Waals surface area contributed by atoms with E-state index in [1.807, 2.05) is 0 Å². The molecule has 0 N–H and O–H groups in total. The van der Waals surface area contributed by atoms with Gasteiger partial charge in [-0.25, -0.2) is 9.37 Å². The van der Waals surface area contributed by atoms with E-state index in [-0.39, 0.29) is 11.0 Å². The van der Waals surface area contributed by atoms with E-state index < -0.39 is 12.4 Å². The van der Waals surface area contributed by atoms with Gasteiger partial charge in [-0.3, -0.25) is 0 Å². The summed E-state index contributed by atoms with van der Waals surface area (Å²) in [6, 6.07) is 2.90. The Kier molecular flexibility index (Phi) is 2.26. The maximum absolute atomic E-state index is 13.4. The summed E-state index contributed by atoms with van der Waals surface area (Å²) in [5.74, 6) is -0.555. The Morgan fingerprint density at radius 2 is 2.20 bits per heavy atom. The predicted molar refractivity (Wildman–Crippen MR) is 45.8 cm³/mol. The van der Waals surface area contributed by atoms with Crippen molar-refractivity contribution in [1.29, 1.82) is 0 Å². The van der Waals surface area contributed by atoms with Crippen LogP contribution in [0.25, 0.3) is 11.0 Å². The molecule has 79 valence electrons. The lowest BCUT2D eigenvalue weighted by Gasteiger charge is -2.04. The zero-order valence-corrected chi connectivity index (χ0v) is 7.67. The minimum absolute atomic E-state index is 0.0318. The third kappa shape index (κ3) is 1.62. The van der Waals surface area contributed by atoms with E-state index in [9.17, 15) is 13.2 Å². The van der Waals surface area contributed by atoms with Gasteiger partial charge >= 0.3 is 6.61 Å². The molecule has 1 radical (unpaired) electrons. The zero-order valence-electron chi connectivity index (χ0n) is 7.67. The molecular formula is C9H6F3N2O.